The highest BCUT2D eigenvalue weighted by molar-refractivity contribution is 7.99. The quantitative estimate of drug-likeness (QED) is 0.497. The molecule has 164 valence electrons. The van der Waals surface area contributed by atoms with Gasteiger partial charge < -0.3 is 5.32 Å². The van der Waals surface area contributed by atoms with Crippen molar-refractivity contribution in [2.24, 2.45) is 0 Å². The fraction of sp³-hybridized carbons (Fsp3) is 0.192. The highest BCUT2D eigenvalue weighted by atomic mass is 32.2. The van der Waals surface area contributed by atoms with E-state index in [0.29, 0.717) is 12.1 Å². The molecule has 5 nitrogen and oxygen atoms in total. The van der Waals surface area contributed by atoms with Crippen molar-refractivity contribution < 1.29 is 13.2 Å². The molecular weight excluding hydrogens is 420 g/mol. The first-order chi connectivity index (χ1) is 15.6. The molecule has 4 rings (SSSR count). The molecule has 1 heterocycles. The van der Waals surface area contributed by atoms with Crippen molar-refractivity contribution in [3.8, 4) is 0 Å². The Balaban J connectivity index is 1.53. The molecule has 0 saturated heterocycles. The molecule has 0 saturated carbocycles. The first-order valence-electron chi connectivity index (χ1n) is 10.8. The molecule has 0 radical (unpaired) electrons. The Morgan fingerprint density at radius 2 is 1.28 bits per heavy atom. The molecule has 0 atom stereocenters. The monoisotopic (exact) mass is 446 g/mol. The number of nitrogens with zero attached hydrogens (tertiary/aromatic N) is 1. The zero-order valence-electron chi connectivity index (χ0n) is 17.8. The van der Waals surface area contributed by atoms with Crippen LogP contribution in [0.3, 0.4) is 0 Å². The van der Waals surface area contributed by atoms with E-state index in [9.17, 15) is 13.2 Å². The van der Waals surface area contributed by atoms with Gasteiger partial charge in [-0.1, -0.05) is 91.0 Å². The summed E-state index contributed by atoms with van der Waals surface area (Å²) in [6, 6.07) is 28.2. The smallest absolute Gasteiger partial charge is 0.285 e. The molecule has 0 aliphatic carbocycles. The summed E-state index contributed by atoms with van der Waals surface area (Å²) in [4.78, 5) is 13.3. The third-order valence-corrected chi connectivity index (χ3v) is 7.29. The van der Waals surface area contributed by atoms with Crippen LogP contribution < -0.4 is 5.32 Å². The van der Waals surface area contributed by atoms with Crippen molar-refractivity contribution in [1.29, 1.82) is 0 Å². The molecule has 3 aromatic carbocycles. The van der Waals surface area contributed by atoms with Crippen molar-refractivity contribution in [1.82, 2.24) is 9.62 Å². The maximum Gasteiger partial charge on any atom is 0.285 e. The maximum atomic E-state index is 13.4. The number of nitrogens with one attached hydrogen (secondary N) is 1. The number of unbranched alkanes of at least 4 members (excludes halogenated alkanes) is 1. The molecule has 0 fully saturated rings. The van der Waals surface area contributed by atoms with E-state index >= 15 is 0 Å². The van der Waals surface area contributed by atoms with Crippen molar-refractivity contribution in [2.45, 2.75) is 25.8 Å². The average molecular weight is 447 g/mol. The summed E-state index contributed by atoms with van der Waals surface area (Å²) in [6.45, 7) is 0.538. The second kappa shape index (κ2) is 9.83. The van der Waals surface area contributed by atoms with Gasteiger partial charge in [-0.05, 0) is 36.0 Å². The van der Waals surface area contributed by atoms with E-state index < -0.39 is 15.9 Å². The number of benzene rings is 3. The van der Waals surface area contributed by atoms with E-state index in [4.69, 9.17) is 0 Å². The van der Waals surface area contributed by atoms with Crippen LogP contribution >= 0.6 is 0 Å². The number of hydrogen-bond donors (Lipinski definition) is 1. The molecule has 0 unspecified atom stereocenters. The predicted molar refractivity (Wildman–Crippen MR) is 127 cm³/mol. The van der Waals surface area contributed by atoms with Gasteiger partial charge in [-0.25, -0.2) is 12.7 Å². The zero-order chi connectivity index (χ0) is 22.4. The lowest BCUT2D eigenvalue weighted by Crippen LogP contribution is -2.33. The SMILES string of the molecule is O=C1C(NCCCCc2ccccc2)=C(c2ccccc2)S(=O)(=O)N1Cc1ccccc1. The molecule has 1 aliphatic rings. The van der Waals surface area contributed by atoms with Crippen LogP contribution in [-0.2, 0) is 27.8 Å². The van der Waals surface area contributed by atoms with E-state index in [1.165, 1.54) is 5.56 Å². The molecule has 1 N–H and O–H groups in total. The Hall–Kier alpha value is -3.38. The number of amides is 1. The number of rotatable bonds is 9. The van der Waals surface area contributed by atoms with E-state index in [0.717, 1.165) is 29.1 Å². The topological polar surface area (TPSA) is 66.5 Å². The van der Waals surface area contributed by atoms with Crippen LogP contribution in [0, 0.1) is 0 Å². The minimum absolute atomic E-state index is 0.0114. The van der Waals surface area contributed by atoms with E-state index in [1.807, 2.05) is 54.6 Å². The zero-order valence-corrected chi connectivity index (χ0v) is 18.6. The highest BCUT2D eigenvalue weighted by Gasteiger charge is 2.44. The van der Waals surface area contributed by atoms with Crippen LogP contribution in [0.15, 0.2) is 96.7 Å². The average Bonchev–Trinajstić information content (AvgIpc) is 3.00. The Bertz CT molecular complexity index is 1190. The number of carbonyl (C=O) groups excluding carboxylic acids is 1. The summed E-state index contributed by atoms with van der Waals surface area (Å²) >= 11 is 0. The first kappa shape index (κ1) is 21.8. The third-order valence-electron chi connectivity index (χ3n) is 5.46. The van der Waals surface area contributed by atoms with Gasteiger partial charge in [-0.15, -0.1) is 0 Å². The molecule has 0 spiro atoms. The van der Waals surface area contributed by atoms with Gasteiger partial charge in [0.15, 0.2) is 0 Å². The van der Waals surface area contributed by atoms with Gasteiger partial charge in [0.25, 0.3) is 15.9 Å². The van der Waals surface area contributed by atoms with Gasteiger partial charge in [0.1, 0.15) is 10.6 Å². The van der Waals surface area contributed by atoms with Crippen LogP contribution in [-0.4, -0.2) is 25.2 Å². The molecule has 1 amide bonds. The predicted octanol–water partition coefficient (Wildman–Crippen LogP) is 4.34. The molecule has 0 bridgehead atoms. The lowest BCUT2D eigenvalue weighted by atomic mass is 10.1. The van der Waals surface area contributed by atoms with Gasteiger partial charge in [0.2, 0.25) is 0 Å². The molecule has 32 heavy (non-hydrogen) atoms. The number of sulfonamides is 1. The van der Waals surface area contributed by atoms with E-state index in [2.05, 4.69) is 17.4 Å². The molecule has 0 aromatic heterocycles. The van der Waals surface area contributed by atoms with Gasteiger partial charge in [-0.3, -0.25) is 4.79 Å². The second-order valence-corrected chi connectivity index (χ2v) is 9.54. The molecule has 3 aromatic rings. The van der Waals surface area contributed by atoms with Crippen molar-refractivity contribution in [3.05, 3.63) is 113 Å². The Kier molecular flexibility index (Phi) is 6.71. The van der Waals surface area contributed by atoms with Gasteiger partial charge in [-0.2, -0.15) is 0 Å². The summed E-state index contributed by atoms with van der Waals surface area (Å²) in [6.07, 6.45) is 2.71. The van der Waals surface area contributed by atoms with Crippen LogP contribution in [0.25, 0.3) is 4.91 Å². The van der Waals surface area contributed by atoms with Crippen LogP contribution in [0.1, 0.15) is 29.5 Å². The van der Waals surface area contributed by atoms with Crippen molar-refractivity contribution in [2.75, 3.05) is 6.54 Å². The summed E-state index contributed by atoms with van der Waals surface area (Å²) < 4.78 is 27.8. The van der Waals surface area contributed by atoms with Crippen molar-refractivity contribution in [3.63, 3.8) is 0 Å². The minimum atomic E-state index is -3.96. The number of aryl methyl sites for hydroxylation is 1. The fourth-order valence-corrected chi connectivity index (χ4v) is 5.53. The summed E-state index contributed by atoms with van der Waals surface area (Å²) in [7, 11) is -3.96. The van der Waals surface area contributed by atoms with Crippen LogP contribution in [0.5, 0.6) is 0 Å². The van der Waals surface area contributed by atoms with Gasteiger partial charge in [0, 0.05) is 6.54 Å². The van der Waals surface area contributed by atoms with Crippen LogP contribution in [0.2, 0.25) is 0 Å². The maximum absolute atomic E-state index is 13.4. The summed E-state index contributed by atoms with van der Waals surface area (Å²) in [5.74, 6) is -0.504. The normalized spacial score (nSPS) is 15.2. The van der Waals surface area contributed by atoms with E-state index in [-0.39, 0.29) is 17.1 Å². The summed E-state index contributed by atoms with van der Waals surface area (Å²) in [5.41, 5.74) is 2.71. The lowest BCUT2D eigenvalue weighted by molar-refractivity contribution is -0.122. The Morgan fingerprint density at radius 3 is 1.91 bits per heavy atom. The van der Waals surface area contributed by atoms with E-state index in [1.54, 1.807) is 24.3 Å². The summed E-state index contributed by atoms with van der Waals surface area (Å²) in [5, 5.41) is 3.15. The van der Waals surface area contributed by atoms with Crippen molar-refractivity contribution >= 4 is 20.8 Å². The van der Waals surface area contributed by atoms with Gasteiger partial charge in [0.05, 0.1) is 6.54 Å². The first-order valence-corrected chi connectivity index (χ1v) is 12.2. The largest absolute Gasteiger partial charge is 0.379 e. The Labute approximate surface area is 189 Å². The standard InChI is InChI=1S/C26H26N2O3S/c29-26-24(27-19-11-10-14-21-12-4-1-5-13-21)25(23-17-8-3-9-18-23)32(30,31)28(26)20-22-15-6-2-7-16-22/h1-9,12-13,15-18,27H,10-11,14,19-20H2. The highest BCUT2D eigenvalue weighted by Crippen LogP contribution is 2.35. The third kappa shape index (κ3) is 4.75. The molecule has 6 heteroatoms. The lowest BCUT2D eigenvalue weighted by Gasteiger charge is -2.16. The Morgan fingerprint density at radius 1 is 0.719 bits per heavy atom. The molecule has 1 aliphatic heterocycles. The van der Waals surface area contributed by atoms with Gasteiger partial charge >= 0.3 is 0 Å². The fourth-order valence-electron chi connectivity index (χ4n) is 3.83. The minimum Gasteiger partial charge on any atom is -0.379 e. The molecular formula is C26H26N2O3S. The van der Waals surface area contributed by atoms with Crippen LogP contribution in [0.4, 0.5) is 0 Å². The number of hydrogen-bond acceptors (Lipinski definition) is 4. The second-order valence-electron chi connectivity index (χ2n) is 7.74. The number of carbonyl (C=O) groups is 1.